The van der Waals surface area contributed by atoms with E-state index in [9.17, 15) is 13.9 Å². The SMILES string of the molecule is C=CCCOc1ccc(CCc2ccc(-c3ccc(C4CCC(C(O)CCC)CC4)c(F)c3F)cc2)c(F)c1F. The van der Waals surface area contributed by atoms with Crippen molar-refractivity contribution in [3.63, 3.8) is 0 Å². The second kappa shape index (κ2) is 14.0. The molecule has 1 aliphatic rings. The molecule has 0 radical (unpaired) electrons. The maximum atomic E-state index is 15.2. The molecule has 0 bridgehead atoms. The van der Waals surface area contributed by atoms with Gasteiger partial charge >= 0.3 is 0 Å². The van der Waals surface area contributed by atoms with Crippen LogP contribution in [0.1, 0.15) is 74.5 Å². The summed E-state index contributed by atoms with van der Waals surface area (Å²) in [5.41, 5.74) is 2.27. The Bertz CT molecular complexity index is 1280. The highest BCUT2D eigenvalue weighted by molar-refractivity contribution is 5.65. The molecule has 2 nitrogen and oxygen atoms in total. The van der Waals surface area contributed by atoms with E-state index in [0.717, 1.165) is 44.1 Å². The number of halogens is 4. The number of rotatable bonds is 12. The van der Waals surface area contributed by atoms with Crippen LogP contribution in [0, 0.1) is 29.2 Å². The van der Waals surface area contributed by atoms with Crippen molar-refractivity contribution in [1.29, 1.82) is 0 Å². The van der Waals surface area contributed by atoms with Gasteiger partial charge in [0.2, 0.25) is 5.82 Å². The Morgan fingerprint density at radius 2 is 1.60 bits per heavy atom. The zero-order valence-electron chi connectivity index (χ0n) is 23.1. The molecule has 0 aliphatic heterocycles. The van der Waals surface area contributed by atoms with Gasteiger partial charge in [-0.1, -0.05) is 61.9 Å². The molecule has 0 saturated heterocycles. The summed E-state index contributed by atoms with van der Waals surface area (Å²) in [6.07, 6.45) is 7.43. The first kappa shape index (κ1) is 29.9. The molecule has 214 valence electrons. The van der Waals surface area contributed by atoms with Gasteiger partial charge in [0.25, 0.3) is 0 Å². The van der Waals surface area contributed by atoms with E-state index in [1.807, 2.05) is 6.92 Å². The Morgan fingerprint density at radius 1 is 0.875 bits per heavy atom. The fourth-order valence-electron chi connectivity index (χ4n) is 5.71. The van der Waals surface area contributed by atoms with E-state index in [-0.39, 0.29) is 47.8 Å². The monoisotopic (exact) mass is 554 g/mol. The van der Waals surface area contributed by atoms with Crippen LogP contribution in [0.15, 0.2) is 61.2 Å². The predicted octanol–water partition coefficient (Wildman–Crippen LogP) is 9.08. The average Bonchev–Trinajstić information content (AvgIpc) is 2.97. The Kier molecular flexibility index (Phi) is 10.4. The molecule has 3 aromatic rings. The lowest BCUT2D eigenvalue weighted by molar-refractivity contribution is 0.0727. The third kappa shape index (κ3) is 6.95. The lowest BCUT2D eigenvalue weighted by Crippen LogP contribution is -2.25. The average molecular weight is 555 g/mol. The largest absolute Gasteiger partial charge is 0.490 e. The Labute approximate surface area is 234 Å². The van der Waals surface area contributed by atoms with E-state index in [0.29, 0.717) is 24.0 Å². The van der Waals surface area contributed by atoms with Crippen molar-refractivity contribution >= 4 is 0 Å². The number of benzene rings is 3. The van der Waals surface area contributed by atoms with Crippen molar-refractivity contribution in [2.45, 2.75) is 76.7 Å². The maximum Gasteiger partial charge on any atom is 0.200 e. The van der Waals surface area contributed by atoms with Gasteiger partial charge in [-0.3, -0.25) is 0 Å². The van der Waals surface area contributed by atoms with Crippen molar-refractivity contribution in [1.82, 2.24) is 0 Å². The minimum absolute atomic E-state index is 0.0472. The maximum absolute atomic E-state index is 15.2. The Morgan fingerprint density at radius 3 is 2.27 bits per heavy atom. The molecule has 1 aliphatic carbocycles. The van der Waals surface area contributed by atoms with Crippen LogP contribution in [0.5, 0.6) is 5.75 Å². The minimum Gasteiger partial charge on any atom is -0.490 e. The first-order valence-electron chi connectivity index (χ1n) is 14.3. The summed E-state index contributed by atoms with van der Waals surface area (Å²) in [7, 11) is 0. The van der Waals surface area contributed by atoms with Crippen LogP contribution in [0.4, 0.5) is 17.6 Å². The van der Waals surface area contributed by atoms with Crippen LogP contribution < -0.4 is 4.74 Å². The molecular weight excluding hydrogens is 516 g/mol. The summed E-state index contributed by atoms with van der Waals surface area (Å²) >= 11 is 0. The molecule has 1 N–H and O–H groups in total. The van der Waals surface area contributed by atoms with E-state index in [2.05, 4.69) is 6.58 Å². The number of hydrogen-bond donors (Lipinski definition) is 1. The first-order chi connectivity index (χ1) is 19.3. The van der Waals surface area contributed by atoms with Crippen LogP contribution in [-0.2, 0) is 12.8 Å². The third-order valence-electron chi connectivity index (χ3n) is 8.11. The standard InChI is InChI=1S/C34H38F4O2/c1-3-5-21-40-30-20-17-26(31(35)34(30)38)12-9-22-7-10-23(11-8-22)27-18-19-28(33(37)32(27)36)24-13-15-25(16-14-24)29(39)6-4-2/h3,7-8,10-11,17-20,24-25,29,39H,1,4-6,9,12-16,21H2,2H3. The normalized spacial score (nSPS) is 17.9. The molecule has 40 heavy (non-hydrogen) atoms. The van der Waals surface area contributed by atoms with Crippen molar-refractivity contribution in [3.8, 4) is 16.9 Å². The van der Waals surface area contributed by atoms with Crippen LogP contribution >= 0.6 is 0 Å². The lowest BCUT2D eigenvalue weighted by atomic mass is 9.75. The van der Waals surface area contributed by atoms with Crippen LogP contribution in [0.2, 0.25) is 0 Å². The molecule has 0 amide bonds. The van der Waals surface area contributed by atoms with Gasteiger partial charge in [0, 0.05) is 5.56 Å². The number of aliphatic hydroxyl groups is 1. The summed E-state index contributed by atoms with van der Waals surface area (Å²) in [6.45, 7) is 5.85. The molecule has 1 unspecified atom stereocenters. The number of ether oxygens (including phenoxy) is 1. The molecule has 0 heterocycles. The van der Waals surface area contributed by atoms with Gasteiger partial charge in [-0.15, -0.1) is 6.58 Å². The highest BCUT2D eigenvalue weighted by atomic mass is 19.2. The fraction of sp³-hybridized carbons (Fsp3) is 0.412. The number of aliphatic hydroxyl groups excluding tert-OH is 1. The zero-order valence-corrected chi connectivity index (χ0v) is 23.1. The fourth-order valence-corrected chi connectivity index (χ4v) is 5.71. The van der Waals surface area contributed by atoms with E-state index in [1.165, 1.54) is 12.1 Å². The second-order valence-electron chi connectivity index (χ2n) is 10.8. The Hall–Kier alpha value is -3.12. The summed E-state index contributed by atoms with van der Waals surface area (Å²) < 4.78 is 64.5. The molecular formula is C34H38F4O2. The second-order valence-corrected chi connectivity index (χ2v) is 10.8. The van der Waals surface area contributed by atoms with Crippen LogP contribution in [-0.4, -0.2) is 17.8 Å². The Balaban J connectivity index is 1.39. The summed E-state index contributed by atoms with van der Waals surface area (Å²) in [5.74, 6) is -3.51. The van der Waals surface area contributed by atoms with Crippen molar-refractivity contribution in [3.05, 3.63) is 101 Å². The molecule has 1 fully saturated rings. The molecule has 6 heteroatoms. The minimum atomic E-state index is -1.00. The lowest BCUT2D eigenvalue weighted by Gasteiger charge is -2.32. The number of aryl methyl sites for hydroxylation is 2. The van der Waals surface area contributed by atoms with Crippen LogP contribution in [0.25, 0.3) is 11.1 Å². The molecule has 0 spiro atoms. The van der Waals surface area contributed by atoms with Crippen LogP contribution in [0.3, 0.4) is 0 Å². The summed E-state index contributed by atoms with van der Waals surface area (Å²) in [6, 6.07) is 13.3. The third-order valence-corrected chi connectivity index (χ3v) is 8.11. The topological polar surface area (TPSA) is 29.5 Å². The number of hydrogen-bond acceptors (Lipinski definition) is 2. The van der Waals surface area contributed by atoms with Gasteiger partial charge in [-0.2, -0.15) is 4.39 Å². The predicted molar refractivity (Wildman–Crippen MR) is 151 cm³/mol. The van der Waals surface area contributed by atoms with Gasteiger partial charge in [0.05, 0.1) is 12.7 Å². The molecule has 4 rings (SSSR count). The highest BCUT2D eigenvalue weighted by Gasteiger charge is 2.29. The summed E-state index contributed by atoms with van der Waals surface area (Å²) in [4.78, 5) is 0. The van der Waals surface area contributed by atoms with Gasteiger partial charge in [0.15, 0.2) is 23.2 Å². The van der Waals surface area contributed by atoms with Crippen molar-refractivity contribution < 1.29 is 27.4 Å². The van der Waals surface area contributed by atoms with E-state index >= 15 is 8.78 Å². The van der Waals surface area contributed by atoms with E-state index in [4.69, 9.17) is 4.74 Å². The molecule has 0 aromatic heterocycles. The highest BCUT2D eigenvalue weighted by Crippen LogP contribution is 2.40. The van der Waals surface area contributed by atoms with E-state index in [1.54, 1.807) is 42.5 Å². The zero-order chi connectivity index (χ0) is 28.6. The van der Waals surface area contributed by atoms with Crippen molar-refractivity contribution in [2.24, 2.45) is 5.92 Å². The molecule has 3 aromatic carbocycles. The van der Waals surface area contributed by atoms with Crippen molar-refractivity contribution in [2.75, 3.05) is 6.61 Å². The molecule has 1 saturated carbocycles. The van der Waals surface area contributed by atoms with Gasteiger partial charge in [0.1, 0.15) is 0 Å². The van der Waals surface area contributed by atoms with Gasteiger partial charge in [-0.05, 0) is 91.5 Å². The molecule has 1 atom stereocenters. The smallest absolute Gasteiger partial charge is 0.200 e. The van der Waals surface area contributed by atoms with Gasteiger partial charge < -0.3 is 9.84 Å². The van der Waals surface area contributed by atoms with Gasteiger partial charge in [-0.25, -0.2) is 13.2 Å². The van der Waals surface area contributed by atoms with E-state index < -0.39 is 23.3 Å². The quantitative estimate of drug-likeness (QED) is 0.137. The summed E-state index contributed by atoms with van der Waals surface area (Å²) in [5, 5.41) is 10.3. The first-order valence-corrected chi connectivity index (χ1v) is 14.3.